The van der Waals surface area contributed by atoms with Gasteiger partial charge in [0.1, 0.15) is 11.7 Å². The monoisotopic (exact) mass is 503 g/mol. The fourth-order valence-electron chi connectivity index (χ4n) is 4.05. The average molecular weight is 504 g/mol. The summed E-state index contributed by atoms with van der Waals surface area (Å²) < 4.78 is 26.0. The van der Waals surface area contributed by atoms with E-state index in [9.17, 15) is 22.8 Å². The summed E-state index contributed by atoms with van der Waals surface area (Å²) in [5.74, 6) is -1.30. The van der Waals surface area contributed by atoms with Crippen LogP contribution in [0.5, 0.6) is 0 Å². The van der Waals surface area contributed by atoms with Gasteiger partial charge in [-0.15, -0.1) is 0 Å². The minimum atomic E-state index is -3.51. The van der Waals surface area contributed by atoms with Gasteiger partial charge in [0.05, 0.1) is 35.6 Å². The number of rotatable bonds is 9. The van der Waals surface area contributed by atoms with Crippen molar-refractivity contribution in [1.29, 1.82) is 0 Å². The number of Topliss-reactive ketones (excluding diaryl/α,β-unsaturated/α-hetero) is 1. The van der Waals surface area contributed by atoms with Crippen LogP contribution in [-0.2, 0) is 19.6 Å². The summed E-state index contributed by atoms with van der Waals surface area (Å²) in [6.45, 7) is 5.60. The van der Waals surface area contributed by atoms with Crippen molar-refractivity contribution >= 4 is 38.7 Å². The second kappa shape index (κ2) is 11.7. The molecule has 2 heterocycles. The van der Waals surface area contributed by atoms with Crippen LogP contribution in [0.3, 0.4) is 0 Å². The van der Waals surface area contributed by atoms with E-state index >= 15 is 0 Å². The number of fused-ring (bicyclic) bond motifs is 1. The molecule has 190 valence electrons. The highest BCUT2D eigenvalue weighted by atomic mass is 32.2. The summed E-state index contributed by atoms with van der Waals surface area (Å²) in [5.41, 5.74) is 1.31. The molecule has 2 aromatic rings. The Kier molecular flexibility index (Phi) is 8.90. The van der Waals surface area contributed by atoms with Gasteiger partial charge < -0.3 is 10.6 Å². The Balaban J connectivity index is 1.70. The zero-order valence-corrected chi connectivity index (χ0v) is 21.2. The van der Waals surface area contributed by atoms with Crippen LogP contribution >= 0.6 is 0 Å². The Morgan fingerprint density at radius 1 is 1.20 bits per heavy atom. The molecule has 0 radical (unpaired) electrons. The molecule has 2 atom stereocenters. The Morgan fingerprint density at radius 2 is 1.91 bits per heavy atom. The van der Waals surface area contributed by atoms with Gasteiger partial charge in [-0.25, -0.2) is 13.4 Å². The first kappa shape index (κ1) is 26.7. The number of amides is 2. The van der Waals surface area contributed by atoms with Gasteiger partial charge in [0, 0.05) is 6.54 Å². The molecule has 1 aromatic heterocycles. The van der Waals surface area contributed by atoms with E-state index in [1.807, 2.05) is 19.9 Å². The third-order valence-electron chi connectivity index (χ3n) is 5.80. The number of nitrogens with one attached hydrogen (secondary N) is 2. The number of carbonyl (C=O) groups excluding carboxylic acids is 3. The molecule has 1 aromatic carbocycles. The smallest absolute Gasteiger partial charge is 0.272 e. The standard InChI is InChI=1S/C24H33N5O5S/c1-4-12-35(33,34)29-11-7-10-19(22(30)15-29)27-23(31)20(13-16(2)3)28-24(32)21-14-25-17-8-5-6-9-18(17)26-21/h5-6,8-9,14,16,19-20H,4,7,10-13,15H2,1-3H3,(H,27,31)(H,28,32)/t19-,20?/m0/s1. The molecule has 10 nitrogen and oxygen atoms in total. The van der Waals surface area contributed by atoms with E-state index in [2.05, 4.69) is 20.6 Å². The lowest BCUT2D eigenvalue weighted by molar-refractivity contribution is -0.129. The van der Waals surface area contributed by atoms with E-state index in [0.29, 0.717) is 36.7 Å². The number of carbonyl (C=O) groups is 3. The number of nitrogens with zero attached hydrogens (tertiary/aromatic N) is 3. The minimum Gasteiger partial charge on any atom is -0.344 e. The molecule has 1 fully saturated rings. The highest BCUT2D eigenvalue weighted by molar-refractivity contribution is 7.89. The topological polar surface area (TPSA) is 138 Å². The Labute approximate surface area is 205 Å². The predicted octanol–water partition coefficient (Wildman–Crippen LogP) is 1.66. The van der Waals surface area contributed by atoms with Crippen molar-refractivity contribution in [3.05, 3.63) is 36.2 Å². The molecule has 1 unspecified atom stereocenters. The number of hydrogen-bond acceptors (Lipinski definition) is 7. The van der Waals surface area contributed by atoms with E-state index in [-0.39, 0.29) is 36.2 Å². The molecule has 1 saturated heterocycles. The van der Waals surface area contributed by atoms with Gasteiger partial charge in [0.15, 0.2) is 5.78 Å². The Bertz CT molecular complexity index is 1180. The normalized spacial score (nSPS) is 18.3. The fourth-order valence-corrected chi connectivity index (χ4v) is 5.55. The molecule has 0 aliphatic carbocycles. The number of para-hydroxylation sites is 2. The second-order valence-electron chi connectivity index (χ2n) is 9.22. The molecule has 35 heavy (non-hydrogen) atoms. The maximum Gasteiger partial charge on any atom is 0.272 e. The zero-order valence-electron chi connectivity index (χ0n) is 20.4. The number of sulfonamides is 1. The quantitative estimate of drug-likeness (QED) is 0.531. The molecule has 2 amide bonds. The molecule has 11 heteroatoms. The van der Waals surface area contributed by atoms with Crippen molar-refractivity contribution in [1.82, 2.24) is 24.9 Å². The van der Waals surface area contributed by atoms with Crippen molar-refractivity contribution in [2.24, 2.45) is 5.92 Å². The van der Waals surface area contributed by atoms with Crippen molar-refractivity contribution in [2.45, 2.75) is 58.5 Å². The van der Waals surface area contributed by atoms with Crippen molar-refractivity contribution in [3.8, 4) is 0 Å². The van der Waals surface area contributed by atoms with Crippen LogP contribution < -0.4 is 10.6 Å². The molecule has 1 aliphatic heterocycles. The second-order valence-corrected chi connectivity index (χ2v) is 11.3. The number of benzene rings is 1. The maximum absolute atomic E-state index is 13.1. The highest BCUT2D eigenvalue weighted by Crippen LogP contribution is 2.15. The maximum atomic E-state index is 13.1. The van der Waals surface area contributed by atoms with Crippen LogP contribution in [0, 0.1) is 5.92 Å². The summed E-state index contributed by atoms with van der Waals surface area (Å²) in [5, 5.41) is 5.47. The van der Waals surface area contributed by atoms with Gasteiger partial charge in [-0.05, 0) is 43.7 Å². The van der Waals surface area contributed by atoms with E-state index < -0.39 is 33.9 Å². The van der Waals surface area contributed by atoms with E-state index in [1.165, 1.54) is 10.5 Å². The van der Waals surface area contributed by atoms with Gasteiger partial charge in [-0.2, -0.15) is 4.31 Å². The highest BCUT2D eigenvalue weighted by Gasteiger charge is 2.33. The molecule has 0 saturated carbocycles. The Hall–Kier alpha value is -2.92. The lowest BCUT2D eigenvalue weighted by atomic mass is 10.0. The molecule has 0 spiro atoms. The molecule has 3 rings (SSSR count). The third-order valence-corrected chi connectivity index (χ3v) is 7.83. The van der Waals surface area contributed by atoms with Gasteiger partial charge in [-0.1, -0.05) is 32.9 Å². The molecule has 0 bridgehead atoms. The lowest BCUT2D eigenvalue weighted by Crippen LogP contribution is -2.52. The largest absolute Gasteiger partial charge is 0.344 e. The van der Waals surface area contributed by atoms with Crippen LogP contribution in [-0.4, -0.2) is 71.2 Å². The van der Waals surface area contributed by atoms with Crippen LogP contribution in [0.2, 0.25) is 0 Å². The van der Waals surface area contributed by atoms with Crippen LogP contribution in [0.1, 0.15) is 56.9 Å². The lowest BCUT2D eigenvalue weighted by Gasteiger charge is -2.23. The molecule has 2 N–H and O–H groups in total. The summed E-state index contributed by atoms with van der Waals surface area (Å²) in [6, 6.07) is 5.47. The van der Waals surface area contributed by atoms with Crippen LogP contribution in [0.25, 0.3) is 11.0 Å². The average Bonchev–Trinajstić information content (AvgIpc) is 2.99. The zero-order chi connectivity index (χ0) is 25.6. The van der Waals surface area contributed by atoms with E-state index in [4.69, 9.17) is 0 Å². The summed E-state index contributed by atoms with van der Waals surface area (Å²) in [4.78, 5) is 47.4. The first-order valence-corrected chi connectivity index (χ1v) is 13.5. The van der Waals surface area contributed by atoms with Gasteiger partial charge in [0.25, 0.3) is 5.91 Å². The molecular weight excluding hydrogens is 470 g/mol. The first-order valence-electron chi connectivity index (χ1n) is 11.9. The number of hydrogen-bond donors (Lipinski definition) is 2. The number of aromatic nitrogens is 2. The van der Waals surface area contributed by atoms with Gasteiger partial charge >= 0.3 is 0 Å². The Morgan fingerprint density at radius 3 is 2.60 bits per heavy atom. The van der Waals surface area contributed by atoms with Gasteiger partial charge in [0.2, 0.25) is 15.9 Å². The van der Waals surface area contributed by atoms with Crippen LogP contribution in [0.4, 0.5) is 0 Å². The summed E-state index contributed by atoms with van der Waals surface area (Å²) in [7, 11) is -3.51. The SMILES string of the molecule is CCCS(=O)(=O)N1CCC[C@H](NC(=O)C(CC(C)C)NC(=O)c2cnc3ccccc3n2)C(=O)C1. The molecular formula is C24H33N5O5S. The van der Waals surface area contributed by atoms with Crippen molar-refractivity contribution < 1.29 is 22.8 Å². The van der Waals surface area contributed by atoms with Crippen molar-refractivity contribution in [3.63, 3.8) is 0 Å². The first-order chi connectivity index (χ1) is 16.6. The van der Waals surface area contributed by atoms with Gasteiger partial charge in [-0.3, -0.25) is 19.4 Å². The summed E-state index contributed by atoms with van der Waals surface area (Å²) in [6.07, 6.45) is 2.97. The predicted molar refractivity (Wildman–Crippen MR) is 132 cm³/mol. The van der Waals surface area contributed by atoms with E-state index in [0.717, 1.165) is 0 Å². The third kappa shape index (κ3) is 7.04. The minimum absolute atomic E-state index is 0.0164. The molecule has 1 aliphatic rings. The van der Waals surface area contributed by atoms with E-state index in [1.54, 1.807) is 25.1 Å². The van der Waals surface area contributed by atoms with Crippen LogP contribution in [0.15, 0.2) is 30.5 Å². The fraction of sp³-hybridized carbons (Fsp3) is 0.542. The number of ketones is 1. The summed E-state index contributed by atoms with van der Waals surface area (Å²) >= 11 is 0. The van der Waals surface area contributed by atoms with Crippen molar-refractivity contribution in [2.75, 3.05) is 18.8 Å².